The summed E-state index contributed by atoms with van der Waals surface area (Å²) in [7, 11) is 0. The molecule has 4 amide bonds. The largest absolute Gasteiger partial charge is 0.331 e. The Labute approximate surface area is 85.2 Å². The molecule has 1 heterocycles. The summed E-state index contributed by atoms with van der Waals surface area (Å²) in [5, 5.41) is 1.91. The van der Waals surface area contributed by atoms with E-state index in [0.717, 1.165) is 4.90 Å². The van der Waals surface area contributed by atoms with Gasteiger partial charge >= 0.3 is 17.8 Å². The highest BCUT2D eigenvalue weighted by atomic mass is 32.2. The minimum Gasteiger partial charge on any atom is -0.269 e. The molecule has 1 aliphatic heterocycles. The van der Waals surface area contributed by atoms with Gasteiger partial charge in [-0.05, 0) is 0 Å². The lowest BCUT2D eigenvalue weighted by Crippen LogP contribution is -2.33. The van der Waals surface area contributed by atoms with Crippen LogP contribution in [-0.4, -0.2) is 40.8 Å². The topological polar surface area (TPSA) is 66.5 Å². The lowest BCUT2D eigenvalue weighted by Gasteiger charge is -2.09. The van der Waals surface area contributed by atoms with Crippen LogP contribution >= 0.6 is 11.8 Å². The van der Waals surface area contributed by atoms with Crippen LogP contribution in [0, 0.1) is 12.3 Å². The van der Waals surface area contributed by atoms with Gasteiger partial charge in [-0.1, -0.05) is 5.92 Å². The fourth-order valence-electron chi connectivity index (χ4n) is 0.923. The quantitative estimate of drug-likeness (QED) is 0.293. The minimum atomic E-state index is -0.864. The molecule has 0 aliphatic carbocycles. The van der Waals surface area contributed by atoms with E-state index < -0.39 is 17.8 Å². The predicted octanol–water partition coefficient (Wildman–Crippen LogP) is -0.569. The third-order valence-electron chi connectivity index (χ3n) is 1.55. The molecule has 0 aromatic heterocycles. The smallest absolute Gasteiger partial charge is 0.269 e. The number of thioether (sulfide) groups is 1. The van der Waals surface area contributed by atoms with E-state index in [1.165, 1.54) is 11.8 Å². The molecule has 0 aromatic carbocycles. The molecule has 0 atom stereocenters. The number of nitrogens with zero attached hydrogens (tertiary/aromatic N) is 1. The summed E-state index contributed by atoms with van der Waals surface area (Å²) in [5.41, 5.74) is 0. The van der Waals surface area contributed by atoms with Crippen LogP contribution in [0.25, 0.3) is 0 Å². The van der Waals surface area contributed by atoms with Crippen molar-refractivity contribution in [1.82, 2.24) is 10.2 Å². The van der Waals surface area contributed by atoms with Crippen molar-refractivity contribution in [2.75, 3.05) is 18.1 Å². The zero-order valence-corrected chi connectivity index (χ0v) is 8.10. The maximum atomic E-state index is 11.0. The molecule has 0 saturated carbocycles. The molecular formula is C8H8N2O3S. The number of imide groups is 2. The Morgan fingerprint density at radius 3 is 2.64 bits per heavy atom. The van der Waals surface area contributed by atoms with Gasteiger partial charge in [0.25, 0.3) is 0 Å². The van der Waals surface area contributed by atoms with Gasteiger partial charge in [0.05, 0.1) is 5.75 Å². The van der Waals surface area contributed by atoms with Crippen molar-refractivity contribution in [2.45, 2.75) is 0 Å². The molecule has 0 spiro atoms. The highest BCUT2D eigenvalue weighted by molar-refractivity contribution is 7.99. The summed E-state index contributed by atoms with van der Waals surface area (Å²) in [6.45, 7) is 0.211. The summed E-state index contributed by atoms with van der Waals surface area (Å²) < 4.78 is 0. The van der Waals surface area contributed by atoms with Crippen LogP contribution < -0.4 is 5.32 Å². The lowest BCUT2D eigenvalue weighted by molar-refractivity contribution is -0.140. The summed E-state index contributed by atoms with van der Waals surface area (Å²) in [6.07, 6.45) is 5.01. The first-order valence-corrected chi connectivity index (χ1v) is 5.00. The van der Waals surface area contributed by atoms with Crippen molar-refractivity contribution >= 4 is 29.6 Å². The fraction of sp³-hybridized carbons (Fsp3) is 0.375. The standard InChI is InChI=1S/C8H8N2O3S/c1-2-4-14-5-3-10-7(12)6(11)9-8(10)13/h1H,3-5H2,(H,9,11,13). The average molecular weight is 212 g/mol. The van der Waals surface area contributed by atoms with Crippen molar-refractivity contribution in [1.29, 1.82) is 0 Å². The number of terminal acetylenes is 1. The number of nitrogens with one attached hydrogen (secondary N) is 1. The van der Waals surface area contributed by atoms with Crippen molar-refractivity contribution in [3.63, 3.8) is 0 Å². The molecule has 6 heteroatoms. The average Bonchev–Trinajstić information content (AvgIpc) is 2.38. The zero-order chi connectivity index (χ0) is 10.6. The van der Waals surface area contributed by atoms with Crippen molar-refractivity contribution in [3.8, 4) is 12.3 Å². The number of hydrogen-bond acceptors (Lipinski definition) is 4. The molecule has 5 nitrogen and oxygen atoms in total. The van der Waals surface area contributed by atoms with E-state index in [2.05, 4.69) is 5.92 Å². The van der Waals surface area contributed by atoms with Crippen LogP contribution in [0.3, 0.4) is 0 Å². The first-order chi connectivity index (χ1) is 6.66. The number of amides is 4. The molecular weight excluding hydrogens is 204 g/mol. The van der Waals surface area contributed by atoms with Gasteiger partial charge in [0.2, 0.25) is 0 Å². The van der Waals surface area contributed by atoms with Gasteiger partial charge in [0, 0.05) is 12.3 Å². The van der Waals surface area contributed by atoms with E-state index in [1.807, 2.05) is 5.32 Å². The number of carbonyl (C=O) groups excluding carboxylic acids is 3. The predicted molar refractivity (Wildman–Crippen MR) is 51.4 cm³/mol. The van der Waals surface area contributed by atoms with Crippen LogP contribution in [0.5, 0.6) is 0 Å². The Balaban J connectivity index is 2.38. The Kier molecular flexibility index (Phi) is 3.54. The summed E-state index contributed by atoms with van der Waals surface area (Å²) in [5.74, 6) is 1.82. The normalized spacial score (nSPS) is 15.6. The molecule has 74 valence electrons. The Bertz CT molecular complexity index is 321. The molecule has 0 unspecified atom stereocenters. The first-order valence-electron chi connectivity index (χ1n) is 3.85. The second-order valence-corrected chi connectivity index (χ2v) is 3.58. The number of rotatable bonds is 4. The van der Waals surface area contributed by atoms with Crippen LogP contribution in [0.4, 0.5) is 4.79 Å². The van der Waals surface area contributed by atoms with Crippen LogP contribution in [0.1, 0.15) is 0 Å². The Morgan fingerprint density at radius 1 is 1.43 bits per heavy atom. The molecule has 1 aliphatic rings. The van der Waals surface area contributed by atoms with Gasteiger partial charge in [-0.25, -0.2) is 4.79 Å². The third-order valence-corrected chi connectivity index (χ3v) is 2.39. The van der Waals surface area contributed by atoms with Crippen molar-refractivity contribution in [3.05, 3.63) is 0 Å². The second kappa shape index (κ2) is 4.67. The monoisotopic (exact) mass is 212 g/mol. The van der Waals surface area contributed by atoms with Gasteiger partial charge in [-0.2, -0.15) is 0 Å². The number of hydrogen-bond donors (Lipinski definition) is 1. The maximum Gasteiger partial charge on any atom is 0.331 e. The Hall–Kier alpha value is -1.48. The highest BCUT2D eigenvalue weighted by Crippen LogP contribution is 2.04. The van der Waals surface area contributed by atoms with E-state index in [4.69, 9.17) is 6.42 Å². The maximum absolute atomic E-state index is 11.0. The van der Waals surface area contributed by atoms with E-state index in [1.54, 1.807) is 0 Å². The molecule has 1 saturated heterocycles. The van der Waals surface area contributed by atoms with Crippen LogP contribution in [0.15, 0.2) is 0 Å². The molecule has 1 fully saturated rings. The van der Waals surface area contributed by atoms with Crippen molar-refractivity contribution < 1.29 is 14.4 Å². The lowest BCUT2D eigenvalue weighted by atomic mass is 10.5. The number of urea groups is 1. The van der Waals surface area contributed by atoms with Crippen LogP contribution in [-0.2, 0) is 9.59 Å². The van der Waals surface area contributed by atoms with Gasteiger partial charge in [-0.3, -0.25) is 19.8 Å². The second-order valence-electron chi connectivity index (χ2n) is 2.47. The summed E-state index contributed by atoms with van der Waals surface area (Å²) >= 11 is 1.42. The summed E-state index contributed by atoms with van der Waals surface area (Å²) in [6, 6.07) is -0.652. The zero-order valence-electron chi connectivity index (χ0n) is 7.28. The van der Waals surface area contributed by atoms with Gasteiger partial charge < -0.3 is 0 Å². The van der Waals surface area contributed by atoms with Gasteiger partial charge in [0.1, 0.15) is 0 Å². The van der Waals surface area contributed by atoms with E-state index in [9.17, 15) is 14.4 Å². The number of carbonyl (C=O) groups is 3. The molecule has 0 radical (unpaired) electrons. The molecule has 0 bridgehead atoms. The van der Waals surface area contributed by atoms with E-state index >= 15 is 0 Å². The Morgan fingerprint density at radius 2 is 2.14 bits per heavy atom. The SMILES string of the molecule is C#CCSCCN1C(=O)NC(=O)C1=O. The highest BCUT2D eigenvalue weighted by Gasteiger charge is 2.36. The van der Waals surface area contributed by atoms with Crippen molar-refractivity contribution in [2.24, 2.45) is 0 Å². The molecule has 1 rings (SSSR count). The molecule has 14 heavy (non-hydrogen) atoms. The van der Waals surface area contributed by atoms with Gasteiger partial charge in [-0.15, -0.1) is 18.2 Å². The van der Waals surface area contributed by atoms with Crippen LogP contribution in [0.2, 0.25) is 0 Å². The first kappa shape index (κ1) is 10.6. The van der Waals surface area contributed by atoms with E-state index in [-0.39, 0.29) is 6.54 Å². The molecule has 0 aromatic rings. The molecule has 1 N–H and O–H groups in total. The van der Waals surface area contributed by atoms with E-state index in [0.29, 0.717) is 11.5 Å². The third kappa shape index (κ3) is 2.26. The van der Waals surface area contributed by atoms with Gasteiger partial charge in [0.15, 0.2) is 0 Å². The fourth-order valence-corrected chi connectivity index (χ4v) is 1.50. The minimum absolute atomic E-state index is 0.211. The summed E-state index contributed by atoms with van der Waals surface area (Å²) in [4.78, 5) is 33.6.